The fraction of sp³-hybridized carbons (Fsp3) is 0.500. The summed E-state index contributed by atoms with van der Waals surface area (Å²) < 4.78 is 0. The lowest BCUT2D eigenvalue weighted by Crippen LogP contribution is -1.91. The third kappa shape index (κ3) is 1.31. The summed E-state index contributed by atoms with van der Waals surface area (Å²) in [4.78, 5) is 0. The molecule has 0 radical (unpaired) electrons. The number of hydrogen-bond donors (Lipinski definition) is 1. The van der Waals surface area contributed by atoms with Gasteiger partial charge in [0.15, 0.2) is 0 Å². The molecular weight excluding hydrogens is 138 g/mol. The molecule has 0 aliphatic heterocycles. The van der Waals surface area contributed by atoms with E-state index in [-0.39, 0.29) is 0 Å². The summed E-state index contributed by atoms with van der Waals surface area (Å²) in [6, 6.07) is 0. The molecule has 0 aromatic carbocycles. The van der Waals surface area contributed by atoms with Crippen molar-refractivity contribution in [2.24, 2.45) is 0 Å². The van der Waals surface area contributed by atoms with E-state index < -0.39 is 0 Å². The van der Waals surface area contributed by atoms with Crippen molar-refractivity contribution in [2.45, 2.75) is 25.7 Å². The van der Waals surface area contributed by atoms with Crippen molar-refractivity contribution in [3.05, 3.63) is 18.0 Å². The Hall–Kier alpha value is -1.12. The van der Waals surface area contributed by atoms with Gasteiger partial charge in [0.2, 0.25) is 0 Å². The van der Waals surface area contributed by atoms with E-state index in [9.17, 15) is 0 Å². The molecule has 3 heteroatoms. The zero-order chi connectivity index (χ0) is 7.52. The molecule has 11 heavy (non-hydrogen) atoms. The lowest BCUT2D eigenvalue weighted by Gasteiger charge is -2.08. The summed E-state index contributed by atoms with van der Waals surface area (Å²) >= 11 is 0. The van der Waals surface area contributed by atoms with Gasteiger partial charge in [-0.1, -0.05) is 6.08 Å². The fourth-order valence-electron chi connectivity index (χ4n) is 1.43. The van der Waals surface area contributed by atoms with Gasteiger partial charge >= 0.3 is 0 Å². The monoisotopic (exact) mass is 149 g/mol. The molecule has 1 heterocycles. The van der Waals surface area contributed by atoms with Gasteiger partial charge in [0, 0.05) is 0 Å². The second kappa shape index (κ2) is 2.86. The van der Waals surface area contributed by atoms with Crippen LogP contribution in [-0.4, -0.2) is 15.4 Å². The van der Waals surface area contributed by atoms with Crippen molar-refractivity contribution in [1.82, 2.24) is 15.4 Å². The van der Waals surface area contributed by atoms with Crippen LogP contribution in [0.2, 0.25) is 0 Å². The van der Waals surface area contributed by atoms with E-state index in [2.05, 4.69) is 21.5 Å². The Balaban J connectivity index is 2.22. The summed E-state index contributed by atoms with van der Waals surface area (Å²) in [7, 11) is 0. The first kappa shape index (κ1) is 6.58. The minimum Gasteiger partial charge on any atom is -0.197 e. The van der Waals surface area contributed by atoms with E-state index in [4.69, 9.17) is 0 Å². The van der Waals surface area contributed by atoms with E-state index in [0.717, 1.165) is 12.1 Å². The normalized spacial score (nSPS) is 18.0. The molecular formula is C8H11N3. The molecule has 2 rings (SSSR count). The fourth-order valence-corrected chi connectivity index (χ4v) is 1.43. The van der Waals surface area contributed by atoms with Crippen LogP contribution in [0.25, 0.3) is 5.57 Å². The highest BCUT2D eigenvalue weighted by Gasteiger charge is 2.07. The van der Waals surface area contributed by atoms with E-state index >= 15 is 0 Å². The second-order valence-electron chi connectivity index (χ2n) is 2.83. The minimum atomic E-state index is 1.02. The minimum absolute atomic E-state index is 1.02. The zero-order valence-corrected chi connectivity index (χ0v) is 6.38. The molecule has 0 bridgehead atoms. The average Bonchev–Trinajstić information content (AvgIpc) is 2.58. The summed E-state index contributed by atoms with van der Waals surface area (Å²) in [5.41, 5.74) is 2.37. The predicted octanol–water partition coefficient (Wildman–Crippen LogP) is 1.76. The topological polar surface area (TPSA) is 41.6 Å². The molecule has 1 N–H and O–H groups in total. The van der Waals surface area contributed by atoms with Gasteiger partial charge in [-0.2, -0.15) is 15.4 Å². The van der Waals surface area contributed by atoms with E-state index in [1.807, 2.05) is 0 Å². The van der Waals surface area contributed by atoms with Gasteiger partial charge in [-0.15, -0.1) is 0 Å². The number of aromatic amines is 1. The molecule has 0 fully saturated rings. The van der Waals surface area contributed by atoms with Crippen molar-refractivity contribution in [3.8, 4) is 0 Å². The maximum absolute atomic E-state index is 4.04. The Morgan fingerprint density at radius 1 is 1.36 bits per heavy atom. The van der Waals surface area contributed by atoms with Gasteiger partial charge in [0.25, 0.3) is 0 Å². The highest BCUT2D eigenvalue weighted by Crippen LogP contribution is 2.24. The van der Waals surface area contributed by atoms with E-state index in [0.29, 0.717) is 0 Å². The van der Waals surface area contributed by atoms with Gasteiger partial charge in [0.1, 0.15) is 5.69 Å². The smallest absolute Gasteiger partial charge is 0.108 e. The average molecular weight is 149 g/mol. The Morgan fingerprint density at radius 2 is 2.36 bits per heavy atom. The van der Waals surface area contributed by atoms with Crippen molar-refractivity contribution >= 4 is 5.57 Å². The van der Waals surface area contributed by atoms with E-state index in [1.54, 1.807) is 6.20 Å². The van der Waals surface area contributed by atoms with Gasteiger partial charge in [-0.05, 0) is 31.3 Å². The number of H-pyrrole nitrogens is 1. The van der Waals surface area contributed by atoms with Gasteiger partial charge < -0.3 is 0 Å². The zero-order valence-electron chi connectivity index (χ0n) is 6.38. The standard InChI is InChI=1S/C8H11N3/c1-2-4-7(5-3-1)8-6-9-11-10-8/h4,6H,1-3,5H2,(H,9,10,11). The second-order valence-corrected chi connectivity index (χ2v) is 2.83. The molecule has 1 aliphatic rings. The van der Waals surface area contributed by atoms with Crippen LogP contribution in [0.3, 0.4) is 0 Å². The van der Waals surface area contributed by atoms with Crippen LogP contribution >= 0.6 is 0 Å². The summed E-state index contributed by atoms with van der Waals surface area (Å²) in [6.45, 7) is 0. The number of rotatable bonds is 1. The number of hydrogen-bond acceptors (Lipinski definition) is 2. The van der Waals surface area contributed by atoms with E-state index in [1.165, 1.54) is 24.8 Å². The first-order valence-electron chi connectivity index (χ1n) is 4.02. The molecule has 0 saturated heterocycles. The highest BCUT2D eigenvalue weighted by molar-refractivity contribution is 5.61. The van der Waals surface area contributed by atoms with Crippen molar-refractivity contribution in [3.63, 3.8) is 0 Å². The third-order valence-corrected chi connectivity index (χ3v) is 2.03. The highest BCUT2D eigenvalue weighted by atomic mass is 15.3. The molecule has 58 valence electrons. The molecule has 0 spiro atoms. The van der Waals surface area contributed by atoms with Crippen LogP contribution in [0.4, 0.5) is 0 Å². The molecule has 3 nitrogen and oxygen atoms in total. The van der Waals surface area contributed by atoms with Gasteiger partial charge in [0.05, 0.1) is 6.20 Å². The number of nitrogens with one attached hydrogen (secondary N) is 1. The maximum atomic E-state index is 4.04. The van der Waals surface area contributed by atoms with Crippen LogP contribution in [0.1, 0.15) is 31.4 Å². The Kier molecular flexibility index (Phi) is 1.71. The van der Waals surface area contributed by atoms with Crippen molar-refractivity contribution < 1.29 is 0 Å². The van der Waals surface area contributed by atoms with Crippen molar-refractivity contribution in [1.29, 1.82) is 0 Å². The van der Waals surface area contributed by atoms with Crippen molar-refractivity contribution in [2.75, 3.05) is 0 Å². The number of nitrogens with zero attached hydrogens (tertiary/aromatic N) is 2. The molecule has 1 aromatic rings. The lowest BCUT2D eigenvalue weighted by molar-refractivity contribution is 0.739. The SMILES string of the molecule is C1=C(c2cn[nH]n2)CCCC1. The Bertz CT molecular complexity index is 248. The van der Waals surface area contributed by atoms with Crippen LogP contribution in [0.15, 0.2) is 12.3 Å². The van der Waals surface area contributed by atoms with Crippen LogP contribution < -0.4 is 0 Å². The largest absolute Gasteiger partial charge is 0.197 e. The van der Waals surface area contributed by atoms with Crippen LogP contribution in [0, 0.1) is 0 Å². The molecule has 0 unspecified atom stereocenters. The molecule has 1 aromatic heterocycles. The predicted molar refractivity (Wildman–Crippen MR) is 42.8 cm³/mol. The number of aromatic nitrogens is 3. The Morgan fingerprint density at radius 3 is 3.00 bits per heavy atom. The quantitative estimate of drug-likeness (QED) is 0.661. The first-order chi connectivity index (χ1) is 5.47. The summed E-state index contributed by atoms with van der Waals surface area (Å²) in [6.07, 6.45) is 9.02. The number of allylic oxidation sites excluding steroid dienone is 2. The molecule has 0 saturated carbocycles. The first-order valence-corrected chi connectivity index (χ1v) is 4.02. The molecule has 0 amide bonds. The van der Waals surface area contributed by atoms with Crippen LogP contribution in [-0.2, 0) is 0 Å². The summed E-state index contributed by atoms with van der Waals surface area (Å²) in [5.74, 6) is 0. The maximum Gasteiger partial charge on any atom is 0.108 e. The van der Waals surface area contributed by atoms with Gasteiger partial charge in [-0.3, -0.25) is 0 Å². The Labute approximate surface area is 65.5 Å². The molecule has 1 aliphatic carbocycles. The van der Waals surface area contributed by atoms with Crippen LogP contribution in [0.5, 0.6) is 0 Å². The summed E-state index contributed by atoms with van der Waals surface area (Å²) in [5, 5.41) is 10.4. The third-order valence-electron chi connectivity index (χ3n) is 2.03. The lowest BCUT2D eigenvalue weighted by atomic mass is 9.98. The van der Waals surface area contributed by atoms with Gasteiger partial charge in [-0.25, -0.2) is 0 Å². The molecule has 0 atom stereocenters.